The average molecular weight is 430 g/mol. The normalized spacial score (nSPS) is 18.5. The lowest BCUT2D eigenvalue weighted by Crippen LogP contribution is -2.51. The first-order valence-electron chi connectivity index (χ1n) is 9.44. The van der Waals surface area contributed by atoms with Gasteiger partial charge in [-0.2, -0.15) is 0 Å². The van der Waals surface area contributed by atoms with Crippen molar-refractivity contribution in [3.05, 3.63) is 53.6 Å². The molecule has 3 amide bonds. The molecule has 2 aromatic carbocycles. The van der Waals surface area contributed by atoms with Crippen LogP contribution in [0.15, 0.2) is 53.4 Å². The summed E-state index contributed by atoms with van der Waals surface area (Å²) in [5.74, 6) is -0.881. The average Bonchev–Trinajstić information content (AvgIpc) is 3.24. The number of rotatable bonds is 4. The molecule has 8 heteroatoms. The minimum atomic E-state index is -0.859. The second kappa shape index (κ2) is 8.47. The molecule has 0 saturated carbocycles. The summed E-state index contributed by atoms with van der Waals surface area (Å²) >= 11 is 7.23. The molecule has 1 fully saturated rings. The summed E-state index contributed by atoms with van der Waals surface area (Å²) in [5, 5.41) is 2.41. The molecule has 2 heterocycles. The maximum absolute atomic E-state index is 13.2. The molecule has 0 bridgehead atoms. The number of fused-ring (bicyclic) bond motifs is 1. The third-order valence-corrected chi connectivity index (χ3v) is 6.42. The zero-order valence-corrected chi connectivity index (χ0v) is 17.2. The van der Waals surface area contributed by atoms with Gasteiger partial charge in [-0.3, -0.25) is 14.4 Å². The molecule has 2 aliphatic rings. The number of nitrogens with one attached hydrogen (secondary N) is 1. The quantitative estimate of drug-likeness (QED) is 0.756. The number of hydrogen-bond acceptors (Lipinski definition) is 4. The van der Waals surface area contributed by atoms with E-state index in [1.807, 2.05) is 18.2 Å². The molecule has 4 rings (SSSR count). The van der Waals surface area contributed by atoms with Crippen molar-refractivity contribution >= 4 is 52.5 Å². The highest BCUT2D eigenvalue weighted by Gasteiger charge is 2.41. The Hall–Kier alpha value is -2.51. The summed E-state index contributed by atoms with van der Waals surface area (Å²) in [7, 11) is 0. The van der Waals surface area contributed by atoms with Crippen LogP contribution < -0.4 is 10.2 Å². The van der Waals surface area contributed by atoms with Gasteiger partial charge in [0.2, 0.25) is 11.8 Å². The lowest BCUT2D eigenvalue weighted by molar-refractivity contribution is -0.134. The first-order chi connectivity index (χ1) is 14.0. The van der Waals surface area contributed by atoms with Gasteiger partial charge in [0.25, 0.3) is 5.91 Å². The van der Waals surface area contributed by atoms with Crippen molar-refractivity contribution in [2.24, 2.45) is 0 Å². The van der Waals surface area contributed by atoms with Gasteiger partial charge in [-0.25, -0.2) is 0 Å². The van der Waals surface area contributed by atoms with Gasteiger partial charge in [-0.05, 0) is 43.2 Å². The number of carbonyl (C=O) groups excluding carboxylic acids is 3. The van der Waals surface area contributed by atoms with Crippen LogP contribution in [0, 0.1) is 0 Å². The van der Waals surface area contributed by atoms with Crippen LogP contribution in [0.5, 0.6) is 0 Å². The Kier molecular flexibility index (Phi) is 5.78. The van der Waals surface area contributed by atoms with Crippen LogP contribution >= 0.6 is 23.4 Å². The lowest BCUT2D eigenvalue weighted by Gasteiger charge is -2.34. The van der Waals surface area contributed by atoms with E-state index in [1.165, 1.54) is 16.7 Å². The van der Waals surface area contributed by atoms with E-state index < -0.39 is 5.25 Å². The molecule has 6 nitrogen and oxygen atoms in total. The summed E-state index contributed by atoms with van der Waals surface area (Å²) in [6, 6.07) is 14.2. The predicted octanol–water partition coefficient (Wildman–Crippen LogP) is 3.41. The van der Waals surface area contributed by atoms with Gasteiger partial charge in [0.15, 0.2) is 5.25 Å². The van der Waals surface area contributed by atoms with Gasteiger partial charge < -0.3 is 15.1 Å². The van der Waals surface area contributed by atoms with Crippen molar-refractivity contribution < 1.29 is 14.4 Å². The van der Waals surface area contributed by atoms with Crippen LogP contribution in [-0.4, -0.2) is 47.5 Å². The number of likely N-dealkylation sites (tertiary alicyclic amines) is 1. The van der Waals surface area contributed by atoms with Gasteiger partial charge in [-0.1, -0.05) is 29.8 Å². The van der Waals surface area contributed by atoms with E-state index >= 15 is 0 Å². The van der Waals surface area contributed by atoms with Gasteiger partial charge in [0.1, 0.15) is 6.54 Å². The van der Waals surface area contributed by atoms with E-state index in [2.05, 4.69) is 5.32 Å². The van der Waals surface area contributed by atoms with Crippen LogP contribution in [0.3, 0.4) is 0 Å². The number of benzene rings is 2. The van der Waals surface area contributed by atoms with Crippen molar-refractivity contribution in [2.75, 3.05) is 29.9 Å². The molecule has 0 aliphatic carbocycles. The largest absolute Gasteiger partial charge is 0.341 e. The molecule has 0 radical (unpaired) electrons. The van der Waals surface area contributed by atoms with Crippen molar-refractivity contribution in [2.45, 2.75) is 23.0 Å². The van der Waals surface area contributed by atoms with Crippen molar-refractivity contribution in [3.63, 3.8) is 0 Å². The zero-order valence-electron chi connectivity index (χ0n) is 15.6. The fourth-order valence-electron chi connectivity index (χ4n) is 3.55. The molecule has 0 unspecified atom stereocenters. The molecule has 1 saturated heterocycles. The Morgan fingerprint density at radius 1 is 1.10 bits per heavy atom. The number of nitrogens with zero attached hydrogens (tertiary/aromatic N) is 2. The second-order valence-electron chi connectivity index (χ2n) is 6.98. The van der Waals surface area contributed by atoms with Crippen LogP contribution in [0.2, 0.25) is 5.02 Å². The number of hydrogen-bond donors (Lipinski definition) is 1. The Labute approximate surface area is 178 Å². The fourth-order valence-corrected chi connectivity index (χ4v) is 4.93. The zero-order chi connectivity index (χ0) is 20.4. The van der Waals surface area contributed by atoms with Crippen LogP contribution in [0.25, 0.3) is 0 Å². The number of halogens is 1. The Balaban J connectivity index is 1.56. The van der Waals surface area contributed by atoms with Crippen molar-refractivity contribution in [1.82, 2.24) is 4.90 Å². The number of anilines is 2. The van der Waals surface area contributed by atoms with Gasteiger partial charge in [-0.15, -0.1) is 11.8 Å². The molecular formula is C21H20ClN3O3S. The van der Waals surface area contributed by atoms with Crippen molar-refractivity contribution in [1.29, 1.82) is 0 Å². The lowest BCUT2D eigenvalue weighted by atomic mass is 10.2. The highest BCUT2D eigenvalue weighted by molar-refractivity contribution is 8.01. The van der Waals surface area contributed by atoms with Gasteiger partial charge in [0, 0.05) is 28.7 Å². The first kappa shape index (κ1) is 19.8. The third-order valence-electron chi connectivity index (χ3n) is 4.94. The second-order valence-corrected chi connectivity index (χ2v) is 8.56. The Bertz CT molecular complexity index is 962. The van der Waals surface area contributed by atoms with E-state index in [-0.39, 0.29) is 24.3 Å². The first-order valence-corrected chi connectivity index (χ1v) is 10.7. The van der Waals surface area contributed by atoms with Crippen molar-refractivity contribution in [3.8, 4) is 0 Å². The monoisotopic (exact) mass is 429 g/mol. The van der Waals surface area contributed by atoms with Gasteiger partial charge >= 0.3 is 0 Å². The van der Waals surface area contributed by atoms with E-state index in [0.29, 0.717) is 29.5 Å². The Morgan fingerprint density at radius 3 is 2.62 bits per heavy atom. The topological polar surface area (TPSA) is 69.7 Å². The number of amides is 3. The minimum Gasteiger partial charge on any atom is -0.341 e. The van der Waals surface area contributed by atoms with E-state index in [1.54, 1.807) is 35.2 Å². The molecule has 2 aromatic rings. The smallest absolute Gasteiger partial charge is 0.250 e. The van der Waals surface area contributed by atoms with E-state index in [4.69, 9.17) is 11.6 Å². The summed E-state index contributed by atoms with van der Waals surface area (Å²) in [5.41, 5.74) is 1.20. The molecule has 150 valence electrons. The summed E-state index contributed by atoms with van der Waals surface area (Å²) < 4.78 is 0. The molecular weight excluding hydrogens is 410 g/mol. The molecule has 29 heavy (non-hydrogen) atoms. The van der Waals surface area contributed by atoms with Gasteiger partial charge in [0.05, 0.1) is 5.69 Å². The SMILES string of the molecule is O=C(CN1C(=O)[C@H](C(=O)N2CCCC2)Sc2ccccc21)Nc1cccc(Cl)c1. The van der Waals surface area contributed by atoms with Crippen LogP contribution in [0.4, 0.5) is 11.4 Å². The van der Waals surface area contributed by atoms with Crippen LogP contribution in [-0.2, 0) is 14.4 Å². The number of thioether (sulfide) groups is 1. The highest BCUT2D eigenvalue weighted by Crippen LogP contribution is 2.40. The predicted molar refractivity (Wildman–Crippen MR) is 114 cm³/mol. The summed E-state index contributed by atoms with van der Waals surface area (Å²) in [6.07, 6.45) is 1.92. The molecule has 1 N–H and O–H groups in total. The molecule has 0 spiro atoms. The Morgan fingerprint density at radius 2 is 1.86 bits per heavy atom. The minimum absolute atomic E-state index is 0.174. The number of para-hydroxylation sites is 1. The maximum Gasteiger partial charge on any atom is 0.250 e. The third kappa shape index (κ3) is 4.26. The number of carbonyl (C=O) groups is 3. The van der Waals surface area contributed by atoms with Crippen LogP contribution in [0.1, 0.15) is 12.8 Å². The molecule has 1 atom stereocenters. The fraction of sp³-hybridized carbons (Fsp3) is 0.286. The molecule has 0 aromatic heterocycles. The standard InChI is InChI=1S/C21H20ClN3O3S/c22-14-6-5-7-15(12-14)23-18(26)13-25-16-8-1-2-9-17(16)29-19(21(25)28)20(27)24-10-3-4-11-24/h1-2,5-9,12,19H,3-4,10-11,13H2,(H,23,26)/t19-/m0/s1. The van der Waals surface area contributed by atoms with E-state index in [9.17, 15) is 14.4 Å². The highest BCUT2D eigenvalue weighted by atomic mass is 35.5. The van der Waals surface area contributed by atoms with E-state index in [0.717, 1.165) is 17.7 Å². The molecule has 2 aliphatic heterocycles. The summed E-state index contributed by atoms with van der Waals surface area (Å²) in [4.78, 5) is 42.7. The maximum atomic E-state index is 13.2. The summed E-state index contributed by atoms with van der Waals surface area (Å²) in [6.45, 7) is 1.19.